The third-order valence-corrected chi connectivity index (χ3v) is 2.71. The smallest absolute Gasteiger partial charge is 0.372 e. The number of aromatic nitrogens is 2. The van der Waals surface area contributed by atoms with Gasteiger partial charge in [0.2, 0.25) is 17.6 Å². The number of nitro groups is 1. The van der Waals surface area contributed by atoms with Crippen LogP contribution in [0, 0.1) is 10.1 Å². The van der Waals surface area contributed by atoms with Crippen LogP contribution in [0.1, 0.15) is 12.8 Å². The summed E-state index contributed by atoms with van der Waals surface area (Å²) in [5, 5.41) is 15.8. The van der Waals surface area contributed by atoms with E-state index in [2.05, 4.69) is 20.6 Å². The van der Waals surface area contributed by atoms with Crippen molar-refractivity contribution in [2.45, 2.75) is 18.9 Å². The highest BCUT2D eigenvalue weighted by Crippen LogP contribution is 2.31. The third kappa shape index (κ3) is 2.63. The van der Waals surface area contributed by atoms with Gasteiger partial charge in [0.05, 0.1) is 12.0 Å². The van der Waals surface area contributed by atoms with Crippen molar-refractivity contribution in [2.75, 3.05) is 12.4 Å². The predicted octanol–water partition coefficient (Wildman–Crippen LogP) is -0.390. The number of methoxy groups -OCH3 is 1. The fraction of sp³-hybridized carbons (Fsp3) is 0.400. The van der Waals surface area contributed by atoms with E-state index in [9.17, 15) is 19.7 Å². The summed E-state index contributed by atoms with van der Waals surface area (Å²) in [5.74, 6) is -1.26. The molecule has 1 unspecified atom stereocenters. The zero-order valence-electron chi connectivity index (χ0n) is 10.5. The Morgan fingerprint density at radius 2 is 2.25 bits per heavy atom. The summed E-state index contributed by atoms with van der Waals surface area (Å²) in [6, 6.07) is -0.772. The van der Waals surface area contributed by atoms with E-state index in [0.29, 0.717) is 0 Å². The monoisotopic (exact) mass is 281 g/mol. The van der Waals surface area contributed by atoms with E-state index < -0.39 is 22.6 Å². The van der Waals surface area contributed by atoms with Gasteiger partial charge in [-0.1, -0.05) is 0 Å². The number of piperidine rings is 1. The van der Waals surface area contributed by atoms with Crippen LogP contribution >= 0.6 is 0 Å². The molecule has 1 atom stereocenters. The van der Waals surface area contributed by atoms with Gasteiger partial charge in [-0.3, -0.25) is 25.0 Å². The van der Waals surface area contributed by atoms with Crippen molar-refractivity contribution in [1.82, 2.24) is 15.3 Å². The number of rotatable bonds is 4. The van der Waals surface area contributed by atoms with Crippen LogP contribution in [0.5, 0.6) is 5.88 Å². The van der Waals surface area contributed by atoms with Gasteiger partial charge in [0.1, 0.15) is 12.4 Å². The molecule has 2 amide bonds. The lowest BCUT2D eigenvalue weighted by Gasteiger charge is -2.22. The Morgan fingerprint density at radius 3 is 2.85 bits per heavy atom. The molecule has 10 heteroatoms. The largest absolute Gasteiger partial charge is 0.476 e. The maximum absolute atomic E-state index is 11.6. The van der Waals surface area contributed by atoms with E-state index >= 15 is 0 Å². The normalized spacial score (nSPS) is 18.4. The zero-order chi connectivity index (χ0) is 14.7. The molecule has 10 nitrogen and oxygen atoms in total. The van der Waals surface area contributed by atoms with E-state index in [-0.39, 0.29) is 30.4 Å². The van der Waals surface area contributed by atoms with Gasteiger partial charge in [-0.05, 0) is 6.42 Å². The van der Waals surface area contributed by atoms with E-state index in [0.717, 1.165) is 6.33 Å². The highest BCUT2D eigenvalue weighted by molar-refractivity contribution is 6.01. The van der Waals surface area contributed by atoms with Gasteiger partial charge >= 0.3 is 5.69 Å². The zero-order valence-corrected chi connectivity index (χ0v) is 10.5. The van der Waals surface area contributed by atoms with Crippen LogP contribution in [-0.4, -0.2) is 39.9 Å². The first-order valence-electron chi connectivity index (χ1n) is 5.66. The number of nitrogens with one attached hydrogen (secondary N) is 2. The summed E-state index contributed by atoms with van der Waals surface area (Å²) in [7, 11) is 1.24. The standard InChI is InChI=1S/C10H11N5O5/c1-20-10-7(15(18)19)8(11-4-12-10)13-5-2-3-6(16)14-9(5)17/h4-5H,2-3H2,1H3,(H,11,12,13)(H,14,16,17). The summed E-state index contributed by atoms with van der Waals surface area (Å²) in [6.45, 7) is 0. The van der Waals surface area contributed by atoms with Crippen molar-refractivity contribution < 1.29 is 19.2 Å². The Balaban J connectivity index is 2.27. The number of amides is 2. The van der Waals surface area contributed by atoms with Crippen LogP contribution in [0.4, 0.5) is 11.5 Å². The maximum Gasteiger partial charge on any atom is 0.372 e. The number of carbonyl (C=O) groups excluding carboxylic acids is 2. The fourth-order valence-corrected chi connectivity index (χ4v) is 1.78. The summed E-state index contributed by atoms with van der Waals surface area (Å²) < 4.78 is 4.79. The first-order valence-corrected chi connectivity index (χ1v) is 5.66. The summed E-state index contributed by atoms with van der Waals surface area (Å²) in [6.07, 6.45) is 1.47. The Morgan fingerprint density at radius 1 is 1.50 bits per heavy atom. The Labute approximate surface area is 112 Å². The van der Waals surface area contributed by atoms with Crippen molar-refractivity contribution >= 4 is 23.3 Å². The topological polar surface area (TPSA) is 136 Å². The number of anilines is 1. The van der Waals surface area contributed by atoms with Crippen LogP contribution in [0.15, 0.2) is 6.33 Å². The molecule has 2 N–H and O–H groups in total. The second-order valence-electron chi connectivity index (χ2n) is 3.99. The molecule has 2 heterocycles. The van der Waals surface area contributed by atoms with Crippen LogP contribution < -0.4 is 15.4 Å². The second kappa shape index (κ2) is 5.47. The van der Waals surface area contributed by atoms with Gasteiger partial charge in [-0.2, -0.15) is 4.98 Å². The molecule has 1 aromatic heterocycles. The van der Waals surface area contributed by atoms with E-state index in [1.165, 1.54) is 7.11 Å². The molecule has 1 aliphatic rings. The van der Waals surface area contributed by atoms with Gasteiger partial charge < -0.3 is 10.1 Å². The lowest BCUT2D eigenvalue weighted by Crippen LogP contribution is -2.47. The van der Waals surface area contributed by atoms with Gasteiger partial charge in [0, 0.05) is 6.42 Å². The number of carbonyl (C=O) groups is 2. The van der Waals surface area contributed by atoms with Crippen molar-refractivity contribution in [3.05, 3.63) is 16.4 Å². The summed E-state index contributed by atoms with van der Waals surface area (Å²) >= 11 is 0. The van der Waals surface area contributed by atoms with E-state index in [1.54, 1.807) is 0 Å². The number of hydrogen-bond acceptors (Lipinski definition) is 8. The molecule has 0 spiro atoms. The summed E-state index contributed by atoms with van der Waals surface area (Å²) in [4.78, 5) is 40.3. The average Bonchev–Trinajstić information content (AvgIpc) is 2.41. The molecular weight excluding hydrogens is 270 g/mol. The molecule has 0 radical (unpaired) electrons. The fourth-order valence-electron chi connectivity index (χ4n) is 1.78. The molecule has 0 aliphatic carbocycles. The van der Waals surface area contributed by atoms with Crippen molar-refractivity contribution in [3.63, 3.8) is 0 Å². The SMILES string of the molecule is COc1ncnc(NC2CCC(=O)NC2=O)c1[N+](=O)[O-]. The lowest BCUT2D eigenvalue weighted by atomic mass is 10.1. The minimum atomic E-state index is -0.772. The first kappa shape index (κ1) is 13.6. The van der Waals surface area contributed by atoms with Crippen molar-refractivity contribution in [2.24, 2.45) is 0 Å². The van der Waals surface area contributed by atoms with E-state index in [1.807, 2.05) is 0 Å². The number of ether oxygens (including phenoxy) is 1. The number of hydrogen-bond donors (Lipinski definition) is 2. The quantitative estimate of drug-likeness (QED) is 0.432. The predicted molar refractivity (Wildman–Crippen MR) is 65.0 cm³/mol. The molecule has 1 fully saturated rings. The van der Waals surface area contributed by atoms with Crippen LogP contribution in [-0.2, 0) is 9.59 Å². The molecule has 1 aliphatic heterocycles. The Kier molecular flexibility index (Phi) is 3.73. The highest BCUT2D eigenvalue weighted by Gasteiger charge is 2.31. The molecule has 106 valence electrons. The Hall–Kier alpha value is -2.78. The first-order chi connectivity index (χ1) is 9.52. The van der Waals surface area contributed by atoms with Crippen molar-refractivity contribution in [3.8, 4) is 5.88 Å². The van der Waals surface area contributed by atoms with Gasteiger partial charge in [-0.15, -0.1) is 0 Å². The van der Waals surface area contributed by atoms with Crippen LogP contribution in [0.2, 0.25) is 0 Å². The lowest BCUT2D eigenvalue weighted by molar-refractivity contribution is -0.385. The van der Waals surface area contributed by atoms with Crippen molar-refractivity contribution in [1.29, 1.82) is 0 Å². The minimum Gasteiger partial charge on any atom is -0.476 e. The van der Waals surface area contributed by atoms with Crippen LogP contribution in [0.25, 0.3) is 0 Å². The molecule has 1 saturated heterocycles. The third-order valence-electron chi connectivity index (χ3n) is 2.71. The molecule has 2 rings (SSSR count). The number of nitrogens with zero attached hydrogens (tertiary/aromatic N) is 3. The molecule has 0 aromatic carbocycles. The summed E-state index contributed by atoms with van der Waals surface area (Å²) in [5.41, 5.74) is -0.459. The maximum atomic E-state index is 11.6. The molecule has 0 bridgehead atoms. The van der Waals surface area contributed by atoms with E-state index in [4.69, 9.17) is 4.74 Å². The van der Waals surface area contributed by atoms with Gasteiger partial charge in [0.15, 0.2) is 0 Å². The second-order valence-corrected chi connectivity index (χ2v) is 3.99. The molecule has 0 saturated carbocycles. The minimum absolute atomic E-state index is 0.128. The van der Waals surface area contributed by atoms with Gasteiger partial charge in [-0.25, -0.2) is 4.98 Å². The molecular formula is C10H11N5O5. The average molecular weight is 281 g/mol. The van der Waals surface area contributed by atoms with Crippen LogP contribution in [0.3, 0.4) is 0 Å². The Bertz CT molecular complexity index is 575. The molecule has 20 heavy (non-hydrogen) atoms. The van der Waals surface area contributed by atoms with Gasteiger partial charge in [0.25, 0.3) is 5.88 Å². The number of imide groups is 1. The highest BCUT2D eigenvalue weighted by atomic mass is 16.6. The molecule has 1 aromatic rings.